The summed E-state index contributed by atoms with van der Waals surface area (Å²) < 4.78 is 28.0. The van der Waals surface area contributed by atoms with E-state index in [1.165, 1.54) is 12.4 Å². The van der Waals surface area contributed by atoms with Crippen LogP contribution in [0.1, 0.15) is 13.3 Å². The van der Waals surface area contributed by atoms with Gasteiger partial charge >= 0.3 is 0 Å². The molecule has 3 heterocycles. The van der Waals surface area contributed by atoms with Gasteiger partial charge < -0.3 is 10.3 Å². The normalized spacial score (nSPS) is 23.5. The number of aromatic nitrogens is 2. The summed E-state index contributed by atoms with van der Waals surface area (Å²) in [7, 11) is -3.64. The molecule has 3 N–H and O–H groups in total. The molecule has 1 aliphatic heterocycles. The Morgan fingerprint density at radius 1 is 1.48 bits per heavy atom. The first-order valence-electron chi connectivity index (χ1n) is 6.83. The number of fused-ring (bicyclic) bond motifs is 1. The number of hydrogen-bond acceptors (Lipinski definition) is 4. The van der Waals surface area contributed by atoms with Crippen LogP contribution in [-0.2, 0) is 10.0 Å². The fraction of sp³-hybridized carbons (Fsp3) is 0.462. The van der Waals surface area contributed by atoms with Crippen LogP contribution < -0.4 is 10.0 Å². The topological polar surface area (TPSA) is 86.9 Å². The largest absolute Gasteiger partial charge is 0.345 e. The zero-order valence-electron chi connectivity index (χ0n) is 11.6. The number of hydrogen-bond donors (Lipinski definition) is 3. The molecule has 1 saturated heterocycles. The first kappa shape index (κ1) is 14.8. The standard InChI is InChI=1S/C13H17ClN4O2S/c1-8-2-4-15-6-10(8)18-21(19,20)11-7-17-13-12(11)9(14)3-5-16-13/h3,5,7-8,10,15,18H,2,4,6H2,1H3,(H,16,17). The lowest BCUT2D eigenvalue weighted by atomic mass is 9.96. The number of piperidine rings is 1. The molecule has 0 aliphatic carbocycles. The first-order valence-corrected chi connectivity index (χ1v) is 8.70. The van der Waals surface area contributed by atoms with Crippen molar-refractivity contribution >= 4 is 32.7 Å². The molecule has 8 heteroatoms. The molecule has 0 saturated carbocycles. The van der Waals surface area contributed by atoms with Gasteiger partial charge in [0, 0.05) is 25.0 Å². The van der Waals surface area contributed by atoms with E-state index in [-0.39, 0.29) is 10.9 Å². The van der Waals surface area contributed by atoms with Gasteiger partial charge in [-0.3, -0.25) is 0 Å². The molecule has 0 amide bonds. The van der Waals surface area contributed by atoms with Crippen LogP contribution in [0.15, 0.2) is 23.4 Å². The highest BCUT2D eigenvalue weighted by Crippen LogP contribution is 2.28. The quantitative estimate of drug-likeness (QED) is 0.796. The van der Waals surface area contributed by atoms with Crippen LogP contribution in [0.2, 0.25) is 5.02 Å². The average molecular weight is 329 g/mol. The molecule has 0 bridgehead atoms. The Labute approximate surface area is 128 Å². The van der Waals surface area contributed by atoms with E-state index >= 15 is 0 Å². The third kappa shape index (κ3) is 2.78. The van der Waals surface area contributed by atoms with Crippen LogP contribution in [-0.4, -0.2) is 37.5 Å². The summed E-state index contributed by atoms with van der Waals surface area (Å²) in [6, 6.07) is 1.46. The van der Waals surface area contributed by atoms with E-state index in [9.17, 15) is 8.42 Å². The predicted octanol–water partition coefficient (Wildman–Crippen LogP) is 1.49. The van der Waals surface area contributed by atoms with E-state index in [0.717, 1.165) is 13.0 Å². The summed E-state index contributed by atoms with van der Waals surface area (Å²) in [6.07, 6.45) is 3.92. The fourth-order valence-corrected chi connectivity index (χ4v) is 4.44. The molecule has 0 spiro atoms. The maximum Gasteiger partial charge on any atom is 0.243 e. The number of halogens is 1. The van der Waals surface area contributed by atoms with Crippen LogP contribution in [0.25, 0.3) is 11.0 Å². The molecule has 2 aromatic rings. The van der Waals surface area contributed by atoms with Crippen LogP contribution in [0.5, 0.6) is 0 Å². The van der Waals surface area contributed by atoms with Gasteiger partial charge in [-0.2, -0.15) is 0 Å². The van der Waals surface area contributed by atoms with Crippen LogP contribution in [0.4, 0.5) is 0 Å². The number of H-pyrrole nitrogens is 1. The molecule has 1 aliphatic rings. The van der Waals surface area contributed by atoms with Gasteiger partial charge in [0.2, 0.25) is 10.0 Å². The molecule has 0 aromatic carbocycles. The second kappa shape index (κ2) is 5.57. The highest BCUT2D eigenvalue weighted by molar-refractivity contribution is 7.89. The molecule has 21 heavy (non-hydrogen) atoms. The van der Waals surface area contributed by atoms with Crippen molar-refractivity contribution in [2.75, 3.05) is 13.1 Å². The van der Waals surface area contributed by atoms with E-state index in [1.807, 2.05) is 0 Å². The molecule has 3 rings (SSSR count). The zero-order chi connectivity index (χ0) is 15.0. The van der Waals surface area contributed by atoms with E-state index in [4.69, 9.17) is 11.6 Å². The van der Waals surface area contributed by atoms with Crippen molar-refractivity contribution in [3.05, 3.63) is 23.5 Å². The lowest BCUT2D eigenvalue weighted by Gasteiger charge is -2.29. The van der Waals surface area contributed by atoms with Gasteiger partial charge in [0.1, 0.15) is 10.5 Å². The Kier molecular flexibility index (Phi) is 3.92. The minimum absolute atomic E-state index is 0.121. The first-order chi connectivity index (χ1) is 9.99. The van der Waals surface area contributed by atoms with E-state index in [2.05, 4.69) is 26.9 Å². The van der Waals surface area contributed by atoms with Crippen molar-refractivity contribution < 1.29 is 8.42 Å². The Bertz CT molecular complexity index is 759. The molecular weight excluding hydrogens is 312 g/mol. The molecule has 2 atom stereocenters. The summed E-state index contributed by atoms with van der Waals surface area (Å²) in [5, 5.41) is 4.01. The Balaban J connectivity index is 1.97. The monoisotopic (exact) mass is 328 g/mol. The number of sulfonamides is 1. The Hall–Kier alpha value is -1.15. The SMILES string of the molecule is CC1CCNCC1NS(=O)(=O)c1c[nH]c2nccc(Cl)c12. The summed E-state index contributed by atoms with van der Waals surface area (Å²) in [6.45, 7) is 3.61. The van der Waals surface area contributed by atoms with Gasteiger partial charge in [-0.1, -0.05) is 18.5 Å². The third-order valence-corrected chi connectivity index (χ3v) is 5.74. The summed E-state index contributed by atoms with van der Waals surface area (Å²) >= 11 is 6.12. The number of aromatic amines is 1. The molecule has 114 valence electrons. The highest BCUT2D eigenvalue weighted by Gasteiger charge is 2.28. The molecular formula is C13H17ClN4O2S. The van der Waals surface area contributed by atoms with Crippen LogP contribution >= 0.6 is 11.6 Å². The predicted molar refractivity (Wildman–Crippen MR) is 81.9 cm³/mol. The molecule has 1 fully saturated rings. The van der Waals surface area contributed by atoms with Crippen molar-refractivity contribution in [2.45, 2.75) is 24.3 Å². The van der Waals surface area contributed by atoms with E-state index in [0.29, 0.717) is 28.5 Å². The Morgan fingerprint density at radius 3 is 3.05 bits per heavy atom. The molecule has 2 aromatic heterocycles. The van der Waals surface area contributed by atoms with Gasteiger partial charge in [-0.15, -0.1) is 0 Å². The van der Waals surface area contributed by atoms with E-state index < -0.39 is 10.0 Å². The molecule has 2 unspecified atom stereocenters. The van der Waals surface area contributed by atoms with Crippen LogP contribution in [0, 0.1) is 5.92 Å². The molecule has 6 nitrogen and oxygen atoms in total. The summed E-state index contributed by atoms with van der Waals surface area (Å²) in [4.78, 5) is 7.09. The third-order valence-electron chi connectivity index (χ3n) is 3.91. The van der Waals surface area contributed by atoms with Crippen LogP contribution in [0.3, 0.4) is 0 Å². The van der Waals surface area contributed by atoms with E-state index in [1.54, 1.807) is 6.07 Å². The van der Waals surface area contributed by atoms with Crippen molar-refractivity contribution in [3.8, 4) is 0 Å². The minimum Gasteiger partial charge on any atom is -0.345 e. The number of rotatable bonds is 3. The smallest absolute Gasteiger partial charge is 0.243 e. The Morgan fingerprint density at radius 2 is 2.29 bits per heavy atom. The number of nitrogens with zero attached hydrogens (tertiary/aromatic N) is 1. The van der Waals surface area contributed by atoms with Crippen molar-refractivity contribution in [3.63, 3.8) is 0 Å². The van der Waals surface area contributed by atoms with Gasteiger partial charge in [0.15, 0.2) is 0 Å². The van der Waals surface area contributed by atoms with Crippen molar-refractivity contribution in [2.24, 2.45) is 5.92 Å². The number of nitrogens with one attached hydrogen (secondary N) is 3. The maximum atomic E-state index is 12.6. The fourth-order valence-electron chi connectivity index (χ4n) is 2.61. The van der Waals surface area contributed by atoms with Crippen molar-refractivity contribution in [1.29, 1.82) is 0 Å². The van der Waals surface area contributed by atoms with Gasteiger partial charge in [0.25, 0.3) is 0 Å². The van der Waals surface area contributed by atoms with Gasteiger partial charge in [-0.25, -0.2) is 18.1 Å². The molecule has 0 radical (unpaired) electrons. The van der Waals surface area contributed by atoms with Gasteiger partial charge in [0.05, 0.1) is 10.4 Å². The van der Waals surface area contributed by atoms with Crippen molar-refractivity contribution in [1.82, 2.24) is 20.0 Å². The average Bonchev–Trinajstić information content (AvgIpc) is 2.87. The minimum atomic E-state index is -3.64. The zero-order valence-corrected chi connectivity index (χ0v) is 13.1. The second-order valence-corrected chi connectivity index (χ2v) is 7.46. The lowest BCUT2D eigenvalue weighted by Crippen LogP contribution is -2.50. The summed E-state index contributed by atoms with van der Waals surface area (Å²) in [5.74, 6) is 0.292. The lowest BCUT2D eigenvalue weighted by molar-refractivity contribution is 0.327. The summed E-state index contributed by atoms with van der Waals surface area (Å²) in [5.41, 5.74) is 0.470. The maximum absolute atomic E-state index is 12.6. The van der Waals surface area contributed by atoms with Gasteiger partial charge in [-0.05, 0) is 24.9 Å². The number of pyridine rings is 1. The highest BCUT2D eigenvalue weighted by atomic mass is 35.5. The second-order valence-electron chi connectivity index (χ2n) is 5.37.